The van der Waals surface area contributed by atoms with E-state index in [9.17, 15) is 13.2 Å². The number of hydrogen-bond donors (Lipinski definition) is 2. The molecular weight excluding hydrogens is 476 g/mol. The van der Waals surface area contributed by atoms with E-state index in [2.05, 4.69) is 47.0 Å². The summed E-state index contributed by atoms with van der Waals surface area (Å²) in [5, 5.41) is 10.6. The largest absolute Gasteiger partial charge is 0.360 e. The van der Waals surface area contributed by atoms with Crippen molar-refractivity contribution < 1.29 is 17.7 Å². The average Bonchev–Trinajstić information content (AvgIpc) is 3.60. The maximum absolute atomic E-state index is 13.1. The van der Waals surface area contributed by atoms with Gasteiger partial charge >= 0.3 is 0 Å². The summed E-state index contributed by atoms with van der Waals surface area (Å²) in [6.07, 6.45) is 7.34. The van der Waals surface area contributed by atoms with Crippen molar-refractivity contribution in [1.29, 1.82) is 0 Å². The van der Waals surface area contributed by atoms with E-state index < -0.39 is 10.0 Å². The zero-order chi connectivity index (χ0) is 25.1. The standard InChI is InChI=1S/C27H38N4O4S/c1-19-4-2-3-5-22(19)17-28-23-10-6-20(7-11-23)18-36(33,34)31-14-12-24(13-15-31)29-27(32)25-16-26(35-30-25)21-8-9-21/h2-5,16,20-21,23-24,28H,6-15,17-18H2,1H3,(H,29,32). The summed E-state index contributed by atoms with van der Waals surface area (Å²) in [7, 11) is -3.29. The molecule has 1 amide bonds. The predicted octanol–water partition coefficient (Wildman–Crippen LogP) is 3.73. The van der Waals surface area contributed by atoms with Crippen LogP contribution in [0.5, 0.6) is 0 Å². The number of rotatable bonds is 9. The lowest BCUT2D eigenvalue weighted by Gasteiger charge is -2.34. The summed E-state index contributed by atoms with van der Waals surface area (Å²) in [6.45, 7) is 3.90. The molecule has 0 spiro atoms. The van der Waals surface area contributed by atoms with Gasteiger partial charge in [-0.3, -0.25) is 4.79 Å². The number of hydrogen-bond acceptors (Lipinski definition) is 6. The fraction of sp³-hybridized carbons (Fsp3) is 0.630. The topological polar surface area (TPSA) is 105 Å². The molecule has 36 heavy (non-hydrogen) atoms. The first-order chi connectivity index (χ1) is 17.4. The molecule has 0 radical (unpaired) electrons. The van der Waals surface area contributed by atoms with Crippen molar-refractivity contribution in [1.82, 2.24) is 20.1 Å². The number of aromatic nitrogens is 1. The van der Waals surface area contributed by atoms with E-state index in [1.54, 1.807) is 10.4 Å². The van der Waals surface area contributed by atoms with Crippen molar-refractivity contribution in [3.63, 3.8) is 0 Å². The van der Waals surface area contributed by atoms with E-state index in [0.29, 0.717) is 43.6 Å². The van der Waals surface area contributed by atoms with Crippen LogP contribution in [0.1, 0.15) is 84.7 Å². The molecule has 2 saturated carbocycles. The van der Waals surface area contributed by atoms with Gasteiger partial charge in [-0.05, 0) is 75.3 Å². The quantitative estimate of drug-likeness (QED) is 0.528. The monoisotopic (exact) mass is 514 g/mol. The van der Waals surface area contributed by atoms with Gasteiger partial charge in [0.1, 0.15) is 5.76 Å². The van der Waals surface area contributed by atoms with Crippen LogP contribution >= 0.6 is 0 Å². The molecule has 1 aromatic carbocycles. The molecule has 3 aliphatic rings. The van der Waals surface area contributed by atoms with Gasteiger partial charge in [0.2, 0.25) is 10.0 Å². The fourth-order valence-electron chi connectivity index (χ4n) is 5.49. The van der Waals surface area contributed by atoms with E-state index in [0.717, 1.165) is 50.8 Å². The molecule has 2 N–H and O–H groups in total. The molecule has 9 heteroatoms. The summed E-state index contributed by atoms with van der Waals surface area (Å²) in [4.78, 5) is 12.5. The van der Waals surface area contributed by atoms with Crippen molar-refractivity contribution in [3.05, 3.63) is 52.9 Å². The van der Waals surface area contributed by atoms with Crippen LogP contribution in [-0.2, 0) is 16.6 Å². The number of benzene rings is 1. The van der Waals surface area contributed by atoms with E-state index in [4.69, 9.17) is 4.52 Å². The Hall–Kier alpha value is -2.23. The van der Waals surface area contributed by atoms with Gasteiger partial charge in [0.05, 0.1) is 5.75 Å². The van der Waals surface area contributed by atoms with Gasteiger partial charge in [-0.25, -0.2) is 12.7 Å². The van der Waals surface area contributed by atoms with Crippen molar-refractivity contribution >= 4 is 15.9 Å². The van der Waals surface area contributed by atoms with Gasteiger partial charge in [0, 0.05) is 43.7 Å². The van der Waals surface area contributed by atoms with Crippen molar-refractivity contribution in [2.45, 2.75) is 82.8 Å². The normalized spacial score (nSPS) is 24.0. The van der Waals surface area contributed by atoms with Gasteiger partial charge in [-0.15, -0.1) is 0 Å². The Morgan fingerprint density at radius 1 is 1.03 bits per heavy atom. The lowest BCUT2D eigenvalue weighted by molar-refractivity contribution is 0.0914. The SMILES string of the molecule is Cc1ccccc1CNC1CCC(CS(=O)(=O)N2CCC(NC(=O)c3cc(C4CC4)on3)CC2)CC1. The van der Waals surface area contributed by atoms with Gasteiger partial charge in [-0.2, -0.15) is 0 Å². The van der Waals surface area contributed by atoms with Crippen LogP contribution in [-0.4, -0.2) is 54.7 Å². The molecule has 3 fully saturated rings. The van der Waals surface area contributed by atoms with E-state index in [1.807, 2.05) is 0 Å². The number of amides is 1. The second-order valence-corrected chi connectivity index (χ2v) is 12.9. The lowest BCUT2D eigenvalue weighted by Crippen LogP contribution is -2.47. The molecule has 1 aromatic heterocycles. The lowest BCUT2D eigenvalue weighted by atomic mass is 9.87. The van der Waals surface area contributed by atoms with Crippen LogP contribution in [0.15, 0.2) is 34.9 Å². The Balaban J connectivity index is 1.03. The first kappa shape index (κ1) is 25.4. The molecule has 2 aromatic rings. The molecule has 2 aliphatic carbocycles. The van der Waals surface area contributed by atoms with Gasteiger partial charge in [0.25, 0.3) is 5.91 Å². The highest BCUT2D eigenvalue weighted by atomic mass is 32.2. The van der Waals surface area contributed by atoms with Crippen LogP contribution < -0.4 is 10.6 Å². The van der Waals surface area contributed by atoms with Gasteiger partial charge < -0.3 is 15.2 Å². The Morgan fingerprint density at radius 2 is 1.75 bits per heavy atom. The van der Waals surface area contributed by atoms with Crippen LogP contribution in [0, 0.1) is 12.8 Å². The third kappa shape index (κ3) is 6.36. The highest BCUT2D eigenvalue weighted by molar-refractivity contribution is 7.89. The minimum atomic E-state index is -3.29. The molecule has 0 bridgehead atoms. The maximum Gasteiger partial charge on any atom is 0.273 e. The van der Waals surface area contributed by atoms with E-state index >= 15 is 0 Å². The zero-order valence-electron chi connectivity index (χ0n) is 21.1. The first-order valence-corrected chi connectivity index (χ1v) is 15.0. The predicted molar refractivity (Wildman–Crippen MR) is 138 cm³/mol. The Kier molecular flexibility index (Phi) is 7.79. The smallest absolute Gasteiger partial charge is 0.273 e. The molecule has 196 valence electrons. The Labute approximate surface area is 214 Å². The number of carbonyl (C=O) groups excluding carboxylic acids is 1. The van der Waals surface area contributed by atoms with Crippen LogP contribution in [0.4, 0.5) is 0 Å². The first-order valence-electron chi connectivity index (χ1n) is 13.4. The molecule has 1 aliphatic heterocycles. The molecule has 2 heterocycles. The second-order valence-electron chi connectivity index (χ2n) is 10.8. The Bertz CT molecular complexity index is 1140. The van der Waals surface area contributed by atoms with E-state index in [-0.39, 0.29) is 23.6 Å². The zero-order valence-corrected chi connectivity index (χ0v) is 21.9. The molecule has 1 saturated heterocycles. The number of nitrogens with one attached hydrogen (secondary N) is 2. The second kappa shape index (κ2) is 11.0. The fourth-order valence-corrected chi connectivity index (χ4v) is 7.40. The highest BCUT2D eigenvalue weighted by Crippen LogP contribution is 2.40. The van der Waals surface area contributed by atoms with Crippen molar-refractivity contribution in [2.24, 2.45) is 5.92 Å². The number of aryl methyl sites for hydroxylation is 1. The third-order valence-electron chi connectivity index (χ3n) is 8.06. The van der Waals surface area contributed by atoms with Crippen LogP contribution in [0.3, 0.4) is 0 Å². The van der Waals surface area contributed by atoms with Crippen molar-refractivity contribution in [3.8, 4) is 0 Å². The molecule has 5 rings (SSSR count). The maximum atomic E-state index is 13.1. The van der Waals surface area contributed by atoms with E-state index in [1.165, 1.54) is 11.1 Å². The third-order valence-corrected chi connectivity index (χ3v) is 10.1. The summed E-state index contributed by atoms with van der Waals surface area (Å²) in [5.74, 6) is 1.42. The number of sulfonamides is 1. The highest BCUT2D eigenvalue weighted by Gasteiger charge is 2.33. The molecule has 0 atom stereocenters. The molecule has 8 nitrogen and oxygen atoms in total. The number of carbonyl (C=O) groups is 1. The summed E-state index contributed by atoms with van der Waals surface area (Å²) < 4.78 is 33.1. The van der Waals surface area contributed by atoms with Crippen LogP contribution in [0.25, 0.3) is 0 Å². The summed E-state index contributed by atoms with van der Waals surface area (Å²) in [5.41, 5.74) is 2.94. The van der Waals surface area contributed by atoms with Crippen molar-refractivity contribution in [2.75, 3.05) is 18.8 Å². The van der Waals surface area contributed by atoms with Crippen LogP contribution in [0.2, 0.25) is 0 Å². The van der Waals surface area contributed by atoms with Gasteiger partial charge in [-0.1, -0.05) is 29.4 Å². The van der Waals surface area contributed by atoms with Gasteiger partial charge in [0.15, 0.2) is 5.69 Å². The summed E-state index contributed by atoms with van der Waals surface area (Å²) >= 11 is 0. The minimum Gasteiger partial charge on any atom is -0.360 e. The number of nitrogens with zero attached hydrogens (tertiary/aromatic N) is 2. The average molecular weight is 515 g/mol. The number of piperidine rings is 1. The molecule has 0 unspecified atom stereocenters. The summed E-state index contributed by atoms with van der Waals surface area (Å²) in [6, 6.07) is 10.6. The minimum absolute atomic E-state index is 0.0419. The Morgan fingerprint density at radius 3 is 2.44 bits per heavy atom. The molecular formula is C27H38N4O4S.